The van der Waals surface area contributed by atoms with Gasteiger partial charge in [0.15, 0.2) is 0 Å². The van der Waals surface area contributed by atoms with Crippen LogP contribution in [0.1, 0.15) is 30.4 Å². The second-order valence-corrected chi connectivity index (χ2v) is 5.76. The van der Waals surface area contributed by atoms with E-state index in [-0.39, 0.29) is 5.92 Å². The van der Waals surface area contributed by atoms with Gasteiger partial charge < -0.3 is 0 Å². The van der Waals surface area contributed by atoms with E-state index in [1.54, 1.807) is 0 Å². The Morgan fingerprint density at radius 2 is 1.60 bits per heavy atom. The molecule has 0 radical (unpaired) electrons. The summed E-state index contributed by atoms with van der Waals surface area (Å²) in [6.07, 6.45) is -3.38. The van der Waals surface area contributed by atoms with Gasteiger partial charge in [0.1, 0.15) is 0 Å². The average molecular weight is 306 g/mol. The highest BCUT2D eigenvalue weighted by atomic mass is 35.5. The highest BCUT2D eigenvalue weighted by molar-refractivity contribution is 6.17. The van der Waals surface area contributed by atoms with E-state index in [1.807, 2.05) is 24.3 Å². The maximum Gasteiger partial charge on any atom is 0.389 e. The Balaban J connectivity index is 1.79. The molecule has 1 aromatic rings. The fraction of sp³-hybridized carbons (Fsp3) is 0.600. The first kappa shape index (κ1) is 15.6. The van der Waals surface area contributed by atoms with E-state index < -0.39 is 12.6 Å². The molecule has 0 saturated carbocycles. The zero-order chi connectivity index (χ0) is 14.6. The van der Waals surface area contributed by atoms with Crippen LogP contribution in [0.5, 0.6) is 0 Å². The molecule has 1 saturated heterocycles. The predicted octanol–water partition coefficient (Wildman–Crippen LogP) is 4.59. The molecule has 0 amide bonds. The second-order valence-electron chi connectivity index (χ2n) is 5.49. The van der Waals surface area contributed by atoms with Crippen molar-refractivity contribution >= 4 is 11.6 Å². The number of rotatable bonds is 4. The minimum absolute atomic E-state index is 0.204. The molecule has 1 aliphatic rings. The van der Waals surface area contributed by atoms with E-state index in [1.165, 1.54) is 5.56 Å². The molecular weight excluding hydrogens is 287 g/mol. The van der Waals surface area contributed by atoms with Crippen molar-refractivity contribution in [1.29, 1.82) is 0 Å². The Morgan fingerprint density at radius 3 is 2.10 bits per heavy atom. The molecule has 112 valence electrons. The van der Waals surface area contributed by atoms with Crippen LogP contribution in [0.25, 0.3) is 0 Å². The molecule has 0 atom stereocenters. The second kappa shape index (κ2) is 6.81. The third-order valence-electron chi connectivity index (χ3n) is 3.81. The summed E-state index contributed by atoms with van der Waals surface area (Å²) in [6, 6.07) is 8.08. The van der Waals surface area contributed by atoms with Gasteiger partial charge in [0.2, 0.25) is 0 Å². The third-order valence-corrected chi connectivity index (χ3v) is 4.12. The number of benzene rings is 1. The number of hydrogen-bond acceptors (Lipinski definition) is 1. The molecule has 0 aromatic heterocycles. The Bertz CT molecular complexity index is 408. The minimum atomic E-state index is -4.02. The quantitative estimate of drug-likeness (QED) is 0.735. The van der Waals surface area contributed by atoms with Crippen LogP contribution in [0.2, 0.25) is 0 Å². The van der Waals surface area contributed by atoms with Gasteiger partial charge in [-0.15, -0.1) is 11.6 Å². The van der Waals surface area contributed by atoms with Crippen molar-refractivity contribution in [2.24, 2.45) is 5.92 Å². The fourth-order valence-electron chi connectivity index (χ4n) is 2.67. The van der Waals surface area contributed by atoms with Crippen LogP contribution in [0.4, 0.5) is 13.2 Å². The molecule has 2 rings (SSSR count). The smallest absolute Gasteiger partial charge is 0.299 e. The van der Waals surface area contributed by atoms with Gasteiger partial charge in [-0.2, -0.15) is 13.2 Å². The Labute approximate surface area is 122 Å². The standard InChI is InChI=1S/C15H19ClF3N/c16-10-13-1-3-14(4-2-13)11-20-7-5-12(6-8-20)9-15(17,18)19/h1-4,12H,5-11H2. The number of likely N-dealkylation sites (tertiary alicyclic amines) is 1. The lowest BCUT2D eigenvalue weighted by atomic mass is 9.93. The van der Waals surface area contributed by atoms with Crippen molar-refractivity contribution in [3.05, 3.63) is 35.4 Å². The van der Waals surface area contributed by atoms with Gasteiger partial charge in [0.25, 0.3) is 0 Å². The van der Waals surface area contributed by atoms with Crippen LogP contribution in [0, 0.1) is 5.92 Å². The topological polar surface area (TPSA) is 3.24 Å². The zero-order valence-electron chi connectivity index (χ0n) is 11.3. The molecule has 5 heteroatoms. The summed E-state index contributed by atoms with van der Waals surface area (Å²) in [6.45, 7) is 2.30. The van der Waals surface area contributed by atoms with Gasteiger partial charge in [0.05, 0.1) is 0 Å². The van der Waals surface area contributed by atoms with E-state index in [4.69, 9.17) is 11.6 Å². The molecule has 1 fully saturated rings. The fourth-order valence-corrected chi connectivity index (χ4v) is 2.85. The molecule has 1 aromatic carbocycles. The van der Waals surface area contributed by atoms with Crippen LogP contribution >= 0.6 is 11.6 Å². The van der Waals surface area contributed by atoms with E-state index in [0.29, 0.717) is 18.7 Å². The van der Waals surface area contributed by atoms with Crippen LogP contribution in [0.15, 0.2) is 24.3 Å². The molecule has 1 heterocycles. The third kappa shape index (κ3) is 4.98. The van der Waals surface area contributed by atoms with Gasteiger partial charge in [-0.25, -0.2) is 0 Å². The van der Waals surface area contributed by atoms with Crippen LogP contribution in [-0.4, -0.2) is 24.2 Å². The van der Waals surface area contributed by atoms with Gasteiger partial charge >= 0.3 is 6.18 Å². The van der Waals surface area contributed by atoms with E-state index in [0.717, 1.165) is 25.2 Å². The van der Waals surface area contributed by atoms with Crippen molar-refractivity contribution in [2.45, 2.75) is 37.9 Å². The molecule has 0 aliphatic carbocycles. The van der Waals surface area contributed by atoms with Gasteiger partial charge in [-0.1, -0.05) is 24.3 Å². The number of nitrogens with zero attached hydrogens (tertiary/aromatic N) is 1. The van der Waals surface area contributed by atoms with Crippen LogP contribution in [0.3, 0.4) is 0 Å². The number of halogens is 4. The Hall–Kier alpha value is -0.740. The number of hydrogen-bond donors (Lipinski definition) is 0. The van der Waals surface area contributed by atoms with Gasteiger partial charge in [0, 0.05) is 18.8 Å². The van der Waals surface area contributed by atoms with Crippen molar-refractivity contribution in [3.63, 3.8) is 0 Å². The first-order valence-corrected chi connectivity index (χ1v) is 7.42. The van der Waals surface area contributed by atoms with Gasteiger partial charge in [-0.05, 0) is 43.0 Å². The lowest BCUT2D eigenvalue weighted by Crippen LogP contribution is -2.34. The Kier molecular flexibility index (Phi) is 5.33. The summed E-state index contributed by atoms with van der Waals surface area (Å²) in [5.74, 6) is 0.299. The highest BCUT2D eigenvalue weighted by Crippen LogP contribution is 2.31. The molecule has 1 aliphatic heterocycles. The summed E-state index contributed by atoms with van der Waals surface area (Å²) in [7, 11) is 0. The molecule has 0 unspecified atom stereocenters. The lowest BCUT2D eigenvalue weighted by Gasteiger charge is -2.32. The first-order chi connectivity index (χ1) is 9.46. The van der Waals surface area contributed by atoms with Crippen molar-refractivity contribution in [3.8, 4) is 0 Å². The molecule has 20 heavy (non-hydrogen) atoms. The first-order valence-electron chi connectivity index (χ1n) is 6.89. The summed E-state index contributed by atoms with van der Waals surface area (Å²) in [5.41, 5.74) is 2.27. The summed E-state index contributed by atoms with van der Waals surface area (Å²) in [4.78, 5) is 2.22. The van der Waals surface area contributed by atoms with E-state index in [2.05, 4.69) is 4.90 Å². The minimum Gasteiger partial charge on any atom is -0.299 e. The lowest BCUT2D eigenvalue weighted by molar-refractivity contribution is -0.147. The maximum atomic E-state index is 12.3. The molecular formula is C15H19ClF3N. The number of piperidine rings is 1. The van der Waals surface area contributed by atoms with Crippen LogP contribution < -0.4 is 0 Å². The summed E-state index contributed by atoms with van der Waals surface area (Å²) >= 11 is 5.74. The van der Waals surface area contributed by atoms with E-state index >= 15 is 0 Å². The van der Waals surface area contributed by atoms with Crippen molar-refractivity contribution in [1.82, 2.24) is 4.90 Å². The van der Waals surface area contributed by atoms with Crippen molar-refractivity contribution in [2.75, 3.05) is 13.1 Å². The zero-order valence-corrected chi connectivity index (χ0v) is 12.1. The summed E-state index contributed by atoms with van der Waals surface area (Å²) in [5, 5.41) is 0. The van der Waals surface area contributed by atoms with Crippen molar-refractivity contribution < 1.29 is 13.2 Å². The van der Waals surface area contributed by atoms with Gasteiger partial charge in [-0.3, -0.25) is 4.90 Å². The normalized spacial score (nSPS) is 18.4. The molecule has 1 nitrogen and oxygen atoms in total. The van der Waals surface area contributed by atoms with E-state index in [9.17, 15) is 13.2 Å². The molecule has 0 N–H and O–H groups in total. The highest BCUT2D eigenvalue weighted by Gasteiger charge is 2.33. The van der Waals surface area contributed by atoms with Crippen LogP contribution in [-0.2, 0) is 12.4 Å². The number of alkyl halides is 4. The Morgan fingerprint density at radius 1 is 1.05 bits per heavy atom. The average Bonchev–Trinajstić information content (AvgIpc) is 2.40. The summed E-state index contributed by atoms with van der Waals surface area (Å²) < 4.78 is 37.0. The predicted molar refractivity (Wildman–Crippen MR) is 74.7 cm³/mol. The SMILES string of the molecule is FC(F)(F)CC1CCN(Cc2ccc(CCl)cc2)CC1. The maximum absolute atomic E-state index is 12.3. The largest absolute Gasteiger partial charge is 0.389 e. The molecule has 0 spiro atoms. The monoisotopic (exact) mass is 305 g/mol. The molecule has 0 bridgehead atoms.